The van der Waals surface area contributed by atoms with E-state index >= 15 is 0 Å². The molecule has 0 aliphatic heterocycles. The summed E-state index contributed by atoms with van der Waals surface area (Å²) >= 11 is 12.0. The van der Waals surface area contributed by atoms with E-state index in [1.54, 1.807) is 18.2 Å². The maximum Gasteiger partial charge on any atom is 0.288 e. The van der Waals surface area contributed by atoms with Crippen LogP contribution in [0.2, 0.25) is 10.0 Å². The Morgan fingerprint density at radius 2 is 1.71 bits per heavy atom. The highest BCUT2D eigenvalue weighted by atomic mass is 35.5. The first-order valence-corrected chi connectivity index (χ1v) is 9.33. The smallest absolute Gasteiger partial charge is 0.288 e. The highest BCUT2D eigenvalue weighted by Crippen LogP contribution is 2.32. The number of carbonyl (C=O) groups is 1. The zero-order valence-corrected chi connectivity index (χ0v) is 16.1. The van der Waals surface area contributed by atoms with E-state index in [9.17, 15) is 4.79 Å². The Morgan fingerprint density at radius 1 is 0.964 bits per heavy atom. The number of fused-ring (bicyclic) bond motifs is 1. The zero-order chi connectivity index (χ0) is 19.5. The number of nitrogens with zero attached hydrogens (tertiary/aromatic N) is 1. The first-order valence-electron chi connectivity index (χ1n) is 8.58. The van der Waals surface area contributed by atoms with Crippen LogP contribution in [0.3, 0.4) is 0 Å². The highest BCUT2D eigenvalue weighted by molar-refractivity contribution is 6.36. The summed E-state index contributed by atoms with van der Waals surface area (Å²) in [5.41, 5.74) is 6.36. The average Bonchev–Trinajstić information content (AvgIpc) is 3.10. The summed E-state index contributed by atoms with van der Waals surface area (Å²) in [6, 6.07) is 22.7. The minimum absolute atomic E-state index is 0.337. The molecule has 0 unspecified atom stereocenters. The van der Waals surface area contributed by atoms with Crippen LogP contribution in [0.25, 0.3) is 22.0 Å². The number of carbonyl (C=O) groups excluding carboxylic acids is 1. The number of H-pyrrole nitrogens is 1. The second-order valence-corrected chi connectivity index (χ2v) is 7.00. The molecule has 1 amide bonds. The van der Waals surface area contributed by atoms with Crippen molar-refractivity contribution in [3.8, 4) is 11.1 Å². The number of para-hydroxylation sites is 1. The van der Waals surface area contributed by atoms with Gasteiger partial charge in [0.2, 0.25) is 0 Å². The number of hydrogen-bond donors (Lipinski definition) is 2. The Balaban J connectivity index is 1.67. The lowest BCUT2D eigenvalue weighted by molar-refractivity contribution is 0.0951. The molecule has 0 aliphatic carbocycles. The van der Waals surface area contributed by atoms with Crippen LogP contribution >= 0.6 is 23.2 Å². The summed E-state index contributed by atoms with van der Waals surface area (Å²) in [4.78, 5) is 16.0. The van der Waals surface area contributed by atoms with Gasteiger partial charge >= 0.3 is 0 Å². The Kier molecular flexibility index (Phi) is 5.15. The van der Waals surface area contributed by atoms with Gasteiger partial charge in [-0.15, -0.1) is 0 Å². The first-order chi connectivity index (χ1) is 13.6. The van der Waals surface area contributed by atoms with Gasteiger partial charge in [-0.2, -0.15) is 5.10 Å². The van der Waals surface area contributed by atoms with Gasteiger partial charge in [0.15, 0.2) is 0 Å². The zero-order valence-electron chi connectivity index (χ0n) is 14.6. The maximum atomic E-state index is 12.8. The lowest BCUT2D eigenvalue weighted by Crippen LogP contribution is -2.18. The van der Waals surface area contributed by atoms with Crippen molar-refractivity contribution in [3.63, 3.8) is 0 Å². The van der Waals surface area contributed by atoms with Crippen molar-refractivity contribution >= 4 is 46.2 Å². The molecule has 2 N–H and O–H groups in total. The molecule has 1 heterocycles. The average molecular weight is 408 g/mol. The van der Waals surface area contributed by atoms with Gasteiger partial charge in [-0.05, 0) is 23.8 Å². The van der Waals surface area contributed by atoms with Crippen LogP contribution in [0, 0.1) is 0 Å². The number of benzene rings is 3. The number of aromatic amines is 1. The summed E-state index contributed by atoms with van der Waals surface area (Å²) in [6.07, 6.45) is 1.49. The van der Waals surface area contributed by atoms with Gasteiger partial charge in [0.05, 0.1) is 11.2 Å². The van der Waals surface area contributed by atoms with Crippen LogP contribution < -0.4 is 5.43 Å². The van der Waals surface area contributed by atoms with E-state index in [0.29, 0.717) is 21.3 Å². The van der Waals surface area contributed by atoms with Gasteiger partial charge in [-0.1, -0.05) is 77.8 Å². The lowest BCUT2D eigenvalue weighted by Gasteiger charge is -2.04. The summed E-state index contributed by atoms with van der Waals surface area (Å²) in [6.45, 7) is 0. The Hall–Kier alpha value is -3.08. The lowest BCUT2D eigenvalue weighted by atomic mass is 10.0. The predicted octanol–water partition coefficient (Wildman–Crippen LogP) is 5.91. The normalized spacial score (nSPS) is 11.2. The van der Waals surface area contributed by atoms with E-state index in [1.807, 2.05) is 54.6 Å². The molecule has 1 aromatic heterocycles. The van der Waals surface area contributed by atoms with Crippen LogP contribution in [0.15, 0.2) is 77.9 Å². The fourth-order valence-electron chi connectivity index (χ4n) is 3.04. The molecule has 0 fully saturated rings. The number of hydrogen-bond acceptors (Lipinski definition) is 2. The van der Waals surface area contributed by atoms with Crippen LogP contribution in [0.4, 0.5) is 0 Å². The fraction of sp³-hybridized carbons (Fsp3) is 0. The van der Waals surface area contributed by atoms with E-state index < -0.39 is 0 Å². The molecular formula is C22H15Cl2N3O. The molecule has 28 heavy (non-hydrogen) atoms. The molecular weight excluding hydrogens is 393 g/mol. The van der Waals surface area contributed by atoms with E-state index in [2.05, 4.69) is 15.5 Å². The summed E-state index contributed by atoms with van der Waals surface area (Å²) in [5.74, 6) is -0.337. The van der Waals surface area contributed by atoms with Crippen molar-refractivity contribution < 1.29 is 4.79 Å². The standard InChI is InChI=1S/C22H15Cl2N3O/c23-16-11-10-15(18(24)12-16)13-25-27-22(28)21-20(14-6-2-1-3-7-14)17-8-4-5-9-19(17)26-21/h1-13,26H,(H,27,28)/b25-13+. The number of nitrogens with one attached hydrogen (secondary N) is 2. The molecule has 0 aliphatic rings. The number of hydrazone groups is 1. The maximum absolute atomic E-state index is 12.8. The molecule has 3 aromatic carbocycles. The largest absolute Gasteiger partial charge is 0.350 e. The molecule has 0 atom stereocenters. The summed E-state index contributed by atoms with van der Waals surface area (Å²) < 4.78 is 0. The molecule has 0 radical (unpaired) electrons. The van der Waals surface area contributed by atoms with Crippen LogP contribution in [-0.4, -0.2) is 17.1 Å². The quantitative estimate of drug-likeness (QED) is 0.320. The van der Waals surface area contributed by atoms with Crippen molar-refractivity contribution in [3.05, 3.63) is 94.1 Å². The van der Waals surface area contributed by atoms with E-state index in [0.717, 1.165) is 22.0 Å². The van der Waals surface area contributed by atoms with E-state index in [1.165, 1.54) is 6.21 Å². The third-order valence-electron chi connectivity index (χ3n) is 4.33. The number of halogens is 2. The first kappa shape index (κ1) is 18.3. The Bertz CT molecular complexity index is 1180. The van der Waals surface area contributed by atoms with Crippen molar-refractivity contribution in [2.24, 2.45) is 5.10 Å². The van der Waals surface area contributed by atoms with Crippen LogP contribution in [-0.2, 0) is 0 Å². The number of rotatable bonds is 4. The monoisotopic (exact) mass is 407 g/mol. The summed E-state index contributed by atoms with van der Waals surface area (Å²) in [5, 5.41) is 6.01. The minimum Gasteiger partial charge on any atom is -0.350 e. The van der Waals surface area contributed by atoms with Gasteiger partial charge in [-0.3, -0.25) is 4.79 Å². The highest BCUT2D eigenvalue weighted by Gasteiger charge is 2.18. The summed E-state index contributed by atoms with van der Waals surface area (Å²) in [7, 11) is 0. The van der Waals surface area contributed by atoms with E-state index in [-0.39, 0.29) is 5.91 Å². The Labute approximate surface area is 171 Å². The van der Waals surface area contributed by atoms with Gasteiger partial charge in [0, 0.05) is 27.1 Å². The molecule has 6 heteroatoms. The molecule has 0 spiro atoms. The molecule has 0 saturated heterocycles. The second-order valence-electron chi connectivity index (χ2n) is 6.15. The number of aromatic nitrogens is 1. The van der Waals surface area contributed by atoms with Gasteiger partial charge in [0.25, 0.3) is 5.91 Å². The Morgan fingerprint density at radius 3 is 2.50 bits per heavy atom. The molecule has 0 bridgehead atoms. The van der Waals surface area contributed by atoms with Gasteiger partial charge in [0.1, 0.15) is 5.69 Å². The molecule has 4 rings (SSSR count). The van der Waals surface area contributed by atoms with Gasteiger partial charge < -0.3 is 4.98 Å². The number of amides is 1. The predicted molar refractivity (Wildman–Crippen MR) is 115 cm³/mol. The van der Waals surface area contributed by atoms with Crippen LogP contribution in [0.5, 0.6) is 0 Å². The molecule has 4 nitrogen and oxygen atoms in total. The third-order valence-corrected chi connectivity index (χ3v) is 4.89. The van der Waals surface area contributed by atoms with Gasteiger partial charge in [-0.25, -0.2) is 5.43 Å². The van der Waals surface area contributed by atoms with Crippen molar-refractivity contribution in [2.45, 2.75) is 0 Å². The third kappa shape index (κ3) is 3.65. The second kappa shape index (κ2) is 7.89. The minimum atomic E-state index is -0.337. The molecule has 4 aromatic rings. The fourth-order valence-corrected chi connectivity index (χ4v) is 3.50. The molecule has 0 saturated carbocycles. The van der Waals surface area contributed by atoms with E-state index in [4.69, 9.17) is 23.2 Å². The van der Waals surface area contributed by atoms with Crippen molar-refractivity contribution in [1.82, 2.24) is 10.4 Å². The van der Waals surface area contributed by atoms with Crippen molar-refractivity contribution in [1.29, 1.82) is 0 Å². The molecule has 138 valence electrons. The van der Waals surface area contributed by atoms with Crippen molar-refractivity contribution in [2.75, 3.05) is 0 Å². The topological polar surface area (TPSA) is 57.2 Å². The van der Waals surface area contributed by atoms with Crippen LogP contribution in [0.1, 0.15) is 16.1 Å². The SMILES string of the molecule is O=C(N/N=C/c1ccc(Cl)cc1Cl)c1[nH]c2ccccc2c1-c1ccccc1.